The van der Waals surface area contributed by atoms with Crippen molar-refractivity contribution in [2.75, 3.05) is 12.4 Å². The van der Waals surface area contributed by atoms with Gasteiger partial charge in [-0.05, 0) is 31.2 Å². The van der Waals surface area contributed by atoms with Crippen LogP contribution in [0.2, 0.25) is 5.02 Å². The summed E-state index contributed by atoms with van der Waals surface area (Å²) in [5.41, 5.74) is 0.228. The molecule has 24 heavy (non-hydrogen) atoms. The molecule has 0 fully saturated rings. The van der Waals surface area contributed by atoms with Gasteiger partial charge in [-0.3, -0.25) is 4.57 Å². The number of hydrogen-bond donors (Lipinski definition) is 1. The molecule has 0 aliphatic heterocycles. The molecule has 0 radical (unpaired) electrons. The number of pyridine rings is 2. The molecule has 0 saturated carbocycles. The third-order valence-corrected chi connectivity index (χ3v) is 3.47. The summed E-state index contributed by atoms with van der Waals surface area (Å²) in [7, 11) is 1.32. The molecule has 7 nitrogen and oxygen atoms in total. The van der Waals surface area contributed by atoms with Crippen LogP contribution >= 0.6 is 11.6 Å². The van der Waals surface area contributed by atoms with Crippen molar-refractivity contribution in [1.29, 1.82) is 0 Å². The van der Waals surface area contributed by atoms with E-state index in [0.29, 0.717) is 28.3 Å². The molecule has 0 bridgehead atoms. The van der Waals surface area contributed by atoms with E-state index in [4.69, 9.17) is 11.6 Å². The van der Waals surface area contributed by atoms with E-state index >= 15 is 0 Å². The monoisotopic (exact) mass is 343 g/mol. The highest BCUT2D eigenvalue weighted by Crippen LogP contribution is 2.18. The summed E-state index contributed by atoms with van der Waals surface area (Å²) in [5, 5.41) is 3.66. The van der Waals surface area contributed by atoms with Crippen molar-refractivity contribution in [1.82, 2.24) is 19.5 Å². The van der Waals surface area contributed by atoms with Gasteiger partial charge >= 0.3 is 5.97 Å². The van der Waals surface area contributed by atoms with Crippen LogP contribution in [0.5, 0.6) is 0 Å². The second-order valence-corrected chi connectivity index (χ2v) is 5.34. The third-order valence-electron chi connectivity index (χ3n) is 3.24. The molecule has 0 saturated heterocycles. The number of imidazole rings is 1. The minimum Gasteiger partial charge on any atom is -0.464 e. The molecule has 0 aromatic carbocycles. The lowest BCUT2D eigenvalue weighted by Gasteiger charge is -2.08. The van der Waals surface area contributed by atoms with Gasteiger partial charge in [-0.2, -0.15) is 0 Å². The number of halogens is 1. The third kappa shape index (κ3) is 3.36. The quantitative estimate of drug-likeness (QED) is 0.733. The van der Waals surface area contributed by atoms with E-state index < -0.39 is 5.97 Å². The molecule has 3 aromatic heterocycles. The van der Waals surface area contributed by atoms with Gasteiger partial charge in [0.15, 0.2) is 5.69 Å². The molecule has 0 aliphatic rings. The van der Waals surface area contributed by atoms with Gasteiger partial charge in [0.2, 0.25) is 0 Å². The minimum atomic E-state index is -0.491. The van der Waals surface area contributed by atoms with Gasteiger partial charge in [0.05, 0.1) is 7.11 Å². The molecule has 3 heterocycles. The Kier molecular flexibility index (Phi) is 4.43. The number of nitrogens with one attached hydrogen (secondary N) is 1. The SMILES string of the molecule is COC(=O)c1cn(-c2cccc(Nc3cc(Cl)ccn3)n2)c(C)n1. The fourth-order valence-electron chi connectivity index (χ4n) is 2.14. The number of hydrogen-bond acceptors (Lipinski definition) is 6. The molecule has 0 amide bonds. The Labute approximate surface area is 143 Å². The van der Waals surface area contributed by atoms with Gasteiger partial charge in [0.1, 0.15) is 23.3 Å². The van der Waals surface area contributed by atoms with Crippen LogP contribution in [0, 0.1) is 6.92 Å². The summed E-state index contributed by atoms with van der Waals surface area (Å²) in [5.74, 6) is 1.93. The summed E-state index contributed by atoms with van der Waals surface area (Å²) in [6.07, 6.45) is 3.20. The Morgan fingerprint density at radius 3 is 2.83 bits per heavy atom. The first-order valence-electron chi connectivity index (χ1n) is 7.07. The standard InChI is InChI=1S/C16H14ClN5O2/c1-10-19-12(16(23)24-2)9-22(10)15-5-3-4-13(21-15)20-14-8-11(17)6-7-18-14/h3-9H,1-2H3,(H,18,20,21). The van der Waals surface area contributed by atoms with Crippen molar-refractivity contribution in [3.63, 3.8) is 0 Å². The van der Waals surface area contributed by atoms with Gasteiger partial charge in [-0.15, -0.1) is 0 Å². The Balaban J connectivity index is 1.91. The maximum Gasteiger partial charge on any atom is 0.358 e. The molecule has 8 heteroatoms. The fraction of sp³-hybridized carbons (Fsp3) is 0.125. The van der Waals surface area contributed by atoms with Gasteiger partial charge < -0.3 is 10.1 Å². The van der Waals surface area contributed by atoms with E-state index in [0.717, 1.165) is 0 Å². The number of aromatic nitrogens is 4. The molecular weight excluding hydrogens is 330 g/mol. The van der Waals surface area contributed by atoms with Crippen LogP contribution in [-0.2, 0) is 4.74 Å². The van der Waals surface area contributed by atoms with E-state index in [-0.39, 0.29) is 5.69 Å². The van der Waals surface area contributed by atoms with Crippen LogP contribution in [0.25, 0.3) is 5.82 Å². The molecule has 122 valence electrons. The summed E-state index contributed by atoms with van der Waals surface area (Å²) in [4.78, 5) is 24.5. The topological polar surface area (TPSA) is 81.9 Å². The lowest BCUT2D eigenvalue weighted by atomic mass is 10.4. The highest BCUT2D eigenvalue weighted by atomic mass is 35.5. The summed E-state index contributed by atoms with van der Waals surface area (Å²) in [6, 6.07) is 8.85. The highest BCUT2D eigenvalue weighted by molar-refractivity contribution is 6.30. The number of ether oxygens (including phenoxy) is 1. The number of carbonyl (C=O) groups excluding carboxylic acids is 1. The first-order valence-corrected chi connectivity index (χ1v) is 7.45. The Hall–Kier alpha value is -2.93. The Morgan fingerprint density at radius 1 is 1.25 bits per heavy atom. The molecular formula is C16H14ClN5O2. The van der Waals surface area contributed by atoms with E-state index in [9.17, 15) is 4.79 Å². The molecule has 0 spiro atoms. The zero-order chi connectivity index (χ0) is 17.1. The smallest absolute Gasteiger partial charge is 0.358 e. The maximum atomic E-state index is 11.6. The van der Waals surface area contributed by atoms with Gasteiger partial charge in [-0.25, -0.2) is 19.7 Å². The zero-order valence-corrected chi connectivity index (χ0v) is 13.8. The number of carbonyl (C=O) groups is 1. The molecule has 1 N–H and O–H groups in total. The molecule has 3 rings (SSSR count). The van der Waals surface area contributed by atoms with Crippen LogP contribution in [-0.4, -0.2) is 32.6 Å². The van der Waals surface area contributed by atoms with Gasteiger partial charge in [0, 0.05) is 17.4 Å². The van der Waals surface area contributed by atoms with Crippen LogP contribution in [0.3, 0.4) is 0 Å². The fourth-order valence-corrected chi connectivity index (χ4v) is 2.30. The predicted molar refractivity (Wildman–Crippen MR) is 90.0 cm³/mol. The Morgan fingerprint density at radius 2 is 2.08 bits per heavy atom. The number of anilines is 2. The zero-order valence-electron chi connectivity index (χ0n) is 13.0. The Bertz CT molecular complexity index is 894. The average molecular weight is 344 g/mol. The van der Waals surface area contributed by atoms with E-state index in [1.807, 2.05) is 12.1 Å². The van der Waals surface area contributed by atoms with Gasteiger partial charge in [0.25, 0.3) is 0 Å². The number of aryl methyl sites for hydroxylation is 1. The lowest BCUT2D eigenvalue weighted by molar-refractivity contribution is 0.0594. The lowest BCUT2D eigenvalue weighted by Crippen LogP contribution is -2.02. The van der Waals surface area contributed by atoms with E-state index in [1.54, 1.807) is 42.1 Å². The van der Waals surface area contributed by atoms with Crippen LogP contribution in [0.15, 0.2) is 42.7 Å². The molecule has 0 unspecified atom stereocenters. The second kappa shape index (κ2) is 6.67. The average Bonchev–Trinajstić information content (AvgIpc) is 2.96. The highest BCUT2D eigenvalue weighted by Gasteiger charge is 2.14. The van der Waals surface area contributed by atoms with Crippen molar-refractivity contribution in [2.45, 2.75) is 6.92 Å². The first-order chi connectivity index (χ1) is 11.6. The maximum absolute atomic E-state index is 11.6. The van der Waals surface area contributed by atoms with Crippen molar-refractivity contribution < 1.29 is 9.53 Å². The molecule has 0 aliphatic carbocycles. The van der Waals surface area contributed by atoms with Crippen molar-refractivity contribution in [3.05, 3.63) is 59.3 Å². The molecule has 0 atom stereocenters. The van der Waals surface area contributed by atoms with E-state index in [2.05, 4.69) is 25.0 Å². The number of methoxy groups -OCH3 is 1. The normalized spacial score (nSPS) is 10.5. The van der Waals surface area contributed by atoms with Crippen LogP contribution in [0.1, 0.15) is 16.3 Å². The van der Waals surface area contributed by atoms with Crippen molar-refractivity contribution in [3.8, 4) is 5.82 Å². The number of esters is 1. The predicted octanol–water partition coefficient (Wildman–Crippen LogP) is 3.15. The summed E-state index contributed by atoms with van der Waals surface area (Å²) < 4.78 is 6.40. The summed E-state index contributed by atoms with van der Waals surface area (Å²) >= 11 is 5.95. The van der Waals surface area contributed by atoms with Crippen LogP contribution < -0.4 is 5.32 Å². The largest absolute Gasteiger partial charge is 0.464 e. The number of nitrogens with zero attached hydrogens (tertiary/aromatic N) is 4. The second-order valence-electron chi connectivity index (χ2n) is 4.90. The van der Waals surface area contributed by atoms with Crippen molar-refractivity contribution in [2.24, 2.45) is 0 Å². The van der Waals surface area contributed by atoms with E-state index in [1.165, 1.54) is 7.11 Å². The summed E-state index contributed by atoms with van der Waals surface area (Å²) in [6.45, 7) is 1.78. The van der Waals surface area contributed by atoms with Gasteiger partial charge in [-0.1, -0.05) is 17.7 Å². The number of rotatable bonds is 4. The molecule has 3 aromatic rings. The van der Waals surface area contributed by atoms with Crippen molar-refractivity contribution >= 4 is 29.2 Å². The van der Waals surface area contributed by atoms with Crippen LogP contribution in [0.4, 0.5) is 11.6 Å². The first kappa shape index (κ1) is 15.9. The minimum absolute atomic E-state index is 0.228.